The molecule has 104 valence electrons. The van der Waals surface area contributed by atoms with Crippen LogP contribution in [0, 0.1) is 0 Å². The molecule has 1 aromatic heterocycles. The highest BCUT2D eigenvalue weighted by Crippen LogP contribution is 2.15. The molecule has 1 amide bonds. The van der Waals surface area contributed by atoms with Crippen LogP contribution in [0.15, 0.2) is 24.4 Å². The van der Waals surface area contributed by atoms with Crippen molar-refractivity contribution in [1.29, 1.82) is 0 Å². The lowest BCUT2D eigenvalue weighted by molar-refractivity contribution is -0.189. The number of aromatic nitrogens is 1. The summed E-state index contributed by atoms with van der Waals surface area (Å²) in [6.07, 6.45) is 3.97. The van der Waals surface area contributed by atoms with Gasteiger partial charge in [0.05, 0.1) is 12.2 Å². The predicted molar refractivity (Wildman–Crippen MR) is 70.2 cm³/mol. The van der Waals surface area contributed by atoms with Gasteiger partial charge < -0.3 is 14.8 Å². The molecule has 0 spiro atoms. The summed E-state index contributed by atoms with van der Waals surface area (Å²) in [7, 11) is 0. The van der Waals surface area contributed by atoms with Crippen LogP contribution >= 0.6 is 0 Å². The number of nitrogens with zero attached hydrogens (tertiary/aromatic N) is 1. The number of rotatable bonds is 5. The van der Waals surface area contributed by atoms with Crippen LogP contribution in [-0.4, -0.2) is 29.9 Å². The first-order valence-electron chi connectivity index (χ1n) is 6.70. The normalized spacial score (nSPS) is 20.8. The molecule has 1 aliphatic heterocycles. The minimum atomic E-state index is -0.508. The molecule has 1 aliphatic rings. The van der Waals surface area contributed by atoms with Crippen LogP contribution in [0.4, 0.5) is 0 Å². The number of hydrogen-bond acceptors (Lipinski definition) is 4. The molecule has 1 N–H and O–H groups in total. The molecule has 5 heteroatoms. The largest absolute Gasteiger partial charge is 0.353 e. The van der Waals surface area contributed by atoms with Gasteiger partial charge in [0.1, 0.15) is 6.10 Å². The predicted octanol–water partition coefficient (Wildman–Crippen LogP) is 1.63. The van der Waals surface area contributed by atoms with Gasteiger partial charge in [0.25, 0.3) is 0 Å². The highest BCUT2D eigenvalue weighted by molar-refractivity contribution is 5.80. The van der Waals surface area contributed by atoms with E-state index in [0.717, 1.165) is 25.0 Å². The molecule has 0 saturated carbocycles. The number of hydrogen-bond donors (Lipinski definition) is 1. The SMILES string of the molecule is C[C@H](OC1CCCCO1)C(=O)NCc1ccccn1. The Balaban J connectivity index is 1.72. The van der Waals surface area contributed by atoms with E-state index in [1.54, 1.807) is 13.1 Å². The fraction of sp³-hybridized carbons (Fsp3) is 0.571. The van der Waals surface area contributed by atoms with Gasteiger partial charge in [0, 0.05) is 12.8 Å². The fourth-order valence-electron chi connectivity index (χ4n) is 1.93. The Bertz CT molecular complexity index is 391. The monoisotopic (exact) mass is 264 g/mol. The van der Waals surface area contributed by atoms with Crippen LogP contribution in [0.1, 0.15) is 31.9 Å². The summed E-state index contributed by atoms with van der Waals surface area (Å²) in [6, 6.07) is 5.61. The standard InChI is InChI=1S/C14H20N2O3/c1-11(19-13-7-3-5-9-18-13)14(17)16-10-12-6-2-4-8-15-12/h2,4,6,8,11,13H,3,5,7,9-10H2,1H3,(H,16,17)/t11-,13?/m0/s1. The zero-order valence-electron chi connectivity index (χ0n) is 11.2. The van der Waals surface area contributed by atoms with Gasteiger partial charge in [-0.1, -0.05) is 6.07 Å². The molecule has 0 aliphatic carbocycles. The second-order valence-corrected chi connectivity index (χ2v) is 4.61. The maximum Gasteiger partial charge on any atom is 0.249 e. The van der Waals surface area contributed by atoms with Gasteiger partial charge in [-0.15, -0.1) is 0 Å². The maximum absolute atomic E-state index is 11.9. The lowest BCUT2D eigenvalue weighted by Crippen LogP contribution is -2.38. The highest BCUT2D eigenvalue weighted by Gasteiger charge is 2.21. The summed E-state index contributed by atoms with van der Waals surface area (Å²) in [5, 5.41) is 2.81. The van der Waals surface area contributed by atoms with E-state index >= 15 is 0 Å². The number of amides is 1. The Morgan fingerprint density at radius 2 is 2.47 bits per heavy atom. The Kier molecular flexibility index (Phi) is 5.30. The summed E-state index contributed by atoms with van der Waals surface area (Å²) in [5.74, 6) is -0.139. The van der Waals surface area contributed by atoms with E-state index in [-0.39, 0.29) is 12.2 Å². The van der Waals surface area contributed by atoms with E-state index in [0.29, 0.717) is 13.2 Å². The van der Waals surface area contributed by atoms with Crippen LogP contribution in [0.25, 0.3) is 0 Å². The molecular formula is C14H20N2O3. The molecule has 1 saturated heterocycles. The Morgan fingerprint density at radius 3 is 3.16 bits per heavy atom. The molecule has 2 heterocycles. The molecule has 1 aromatic rings. The first-order valence-corrected chi connectivity index (χ1v) is 6.70. The van der Waals surface area contributed by atoms with Crippen molar-refractivity contribution in [3.63, 3.8) is 0 Å². The molecule has 0 radical (unpaired) electrons. The number of pyridine rings is 1. The maximum atomic E-state index is 11.9. The molecule has 2 rings (SSSR count). The molecule has 5 nitrogen and oxygen atoms in total. The molecule has 1 unspecified atom stereocenters. The van der Waals surface area contributed by atoms with Crippen molar-refractivity contribution in [1.82, 2.24) is 10.3 Å². The smallest absolute Gasteiger partial charge is 0.249 e. The number of carbonyl (C=O) groups excluding carboxylic acids is 1. The van der Waals surface area contributed by atoms with Gasteiger partial charge >= 0.3 is 0 Å². The van der Waals surface area contributed by atoms with Crippen LogP contribution in [0.5, 0.6) is 0 Å². The third-order valence-corrected chi connectivity index (χ3v) is 3.03. The van der Waals surface area contributed by atoms with E-state index in [2.05, 4.69) is 10.3 Å². The molecule has 19 heavy (non-hydrogen) atoms. The van der Waals surface area contributed by atoms with E-state index in [1.165, 1.54) is 0 Å². The Labute approximate surface area is 113 Å². The first kappa shape index (κ1) is 14.0. The zero-order chi connectivity index (χ0) is 13.5. The van der Waals surface area contributed by atoms with E-state index in [9.17, 15) is 4.79 Å². The third-order valence-electron chi connectivity index (χ3n) is 3.03. The minimum absolute atomic E-state index is 0.139. The van der Waals surface area contributed by atoms with E-state index in [1.807, 2.05) is 18.2 Å². The van der Waals surface area contributed by atoms with Gasteiger partial charge in [0.2, 0.25) is 5.91 Å². The molecule has 1 fully saturated rings. The van der Waals surface area contributed by atoms with E-state index < -0.39 is 6.10 Å². The second-order valence-electron chi connectivity index (χ2n) is 4.61. The van der Waals surface area contributed by atoms with Crippen molar-refractivity contribution in [2.45, 2.75) is 45.1 Å². The fourth-order valence-corrected chi connectivity index (χ4v) is 1.93. The van der Waals surface area contributed by atoms with E-state index in [4.69, 9.17) is 9.47 Å². The van der Waals surface area contributed by atoms with Crippen molar-refractivity contribution in [2.24, 2.45) is 0 Å². The lowest BCUT2D eigenvalue weighted by atomic mass is 10.2. The van der Waals surface area contributed by atoms with Crippen molar-refractivity contribution in [3.8, 4) is 0 Å². The van der Waals surface area contributed by atoms with Crippen molar-refractivity contribution in [3.05, 3.63) is 30.1 Å². The second kappa shape index (κ2) is 7.21. The summed E-state index contributed by atoms with van der Waals surface area (Å²) in [5.41, 5.74) is 0.831. The average Bonchev–Trinajstić information content (AvgIpc) is 2.47. The quantitative estimate of drug-likeness (QED) is 0.878. The van der Waals surface area contributed by atoms with Crippen molar-refractivity contribution < 1.29 is 14.3 Å². The van der Waals surface area contributed by atoms with Crippen LogP contribution in [0.2, 0.25) is 0 Å². The van der Waals surface area contributed by atoms with Crippen LogP contribution < -0.4 is 5.32 Å². The average molecular weight is 264 g/mol. The van der Waals surface area contributed by atoms with Crippen LogP contribution in [0.3, 0.4) is 0 Å². The molecular weight excluding hydrogens is 244 g/mol. The van der Waals surface area contributed by atoms with Gasteiger partial charge in [-0.05, 0) is 38.3 Å². The highest BCUT2D eigenvalue weighted by atomic mass is 16.7. The van der Waals surface area contributed by atoms with Crippen molar-refractivity contribution >= 4 is 5.91 Å². The number of nitrogens with one attached hydrogen (secondary N) is 1. The Morgan fingerprint density at radius 1 is 1.58 bits per heavy atom. The molecule has 0 bridgehead atoms. The third kappa shape index (κ3) is 4.61. The van der Waals surface area contributed by atoms with Crippen molar-refractivity contribution in [2.75, 3.05) is 6.61 Å². The zero-order valence-corrected chi connectivity index (χ0v) is 11.2. The van der Waals surface area contributed by atoms with Crippen LogP contribution in [-0.2, 0) is 20.8 Å². The van der Waals surface area contributed by atoms with Gasteiger partial charge in [-0.25, -0.2) is 0 Å². The summed E-state index contributed by atoms with van der Waals surface area (Å²) in [6.45, 7) is 2.87. The van der Waals surface area contributed by atoms with Gasteiger partial charge in [-0.3, -0.25) is 9.78 Å². The van der Waals surface area contributed by atoms with Gasteiger partial charge in [0.15, 0.2) is 6.29 Å². The first-order chi connectivity index (χ1) is 9.25. The molecule has 2 atom stereocenters. The van der Waals surface area contributed by atoms with Gasteiger partial charge in [-0.2, -0.15) is 0 Å². The summed E-state index contributed by atoms with van der Waals surface area (Å²) < 4.78 is 11.0. The Hall–Kier alpha value is -1.46. The number of ether oxygens (including phenoxy) is 2. The molecule has 0 aromatic carbocycles. The summed E-state index contributed by atoms with van der Waals surface area (Å²) >= 11 is 0. The lowest BCUT2D eigenvalue weighted by Gasteiger charge is -2.25. The number of carbonyl (C=O) groups is 1. The topological polar surface area (TPSA) is 60.5 Å². The minimum Gasteiger partial charge on any atom is -0.353 e. The summed E-state index contributed by atoms with van der Waals surface area (Å²) in [4.78, 5) is 16.0.